The third kappa shape index (κ3) is 5.12. The topological polar surface area (TPSA) is 91.8 Å². The Balaban J connectivity index is 2.18. The van der Waals surface area contributed by atoms with Crippen LogP contribution in [0.5, 0.6) is 0 Å². The van der Waals surface area contributed by atoms with E-state index in [0.29, 0.717) is 11.1 Å². The van der Waals surface area contributed by atoms with Gasteiger partial charge < -0.3 is 5.11 Å². The predicted octanol–water partition coefficient (Wildman–Crippen LogP) is 1.59. The van der Waals surface area contributed by atoms with E-state index in [1.54, 1.807) is 36.4 Å². The molecule has 0 unspecified atom stereocenters. The summed E-state index contributed by atoms with van der Waals surface area (Å²) in [5.41, 5.74) is 0.887. The molecule has 2 rings (SSSR count). The molecule has 0 aromatic heterocycles. The van der Waals surface area contributed by atoms with Gasteiger partial charge in [0.25, 0.3) is 0 Å². The maximum atomic E-state index is 12.4. The lowest BCUT2D eigenvalue weighted by Gasteiger charge is -2.14. The van der Waals surface area contributed by atoms with Crippen molar-refractivity contribution in [2.45, 2.75) is 16.8 Å². The Kier molecular flexibility index (Phi) is 5.99. The van der Waals surface area contributed by atoms with Gasteiger partial charge in [0.1, 0.15) is 0 Å². The predicted molar refractivity (Wildman–Crippen MR) is 96.2 cm³/mol. The molecule has 0 aliphatic rings. The SMILES string of the molecule is CN(C)S(=O)(=O)c1cccc(CS(=O)(=O)C[C@@H](O)c2ccccc2)c1. The smallest absolute Gasteiger partial charge is 0.242 e. The monoisotopic (exact) mass is 383 g/mol. The fourth-order valence-electron chi connectivity index (χ4n) is 2.33. The minimum Gasteiger partial charge on any atom is -0.387 e. The van der Waals surface area contributed by atoms with E-state index in [2.05, 4.69) is 0 Å². The van der Waals surface area contributed by atoms with Crippen LogP contribution in [0.25, 0.3) is 0 Å². The molecule has 0 spiro atoms. The minimum atomic E-state index is -3.63. The summed E-state index contributed by atoms with van der Waals surface area (Å²) in [5, 5.41) is 10.1. The highest BCUT2D eigenvalue weighted by Crippen LogP contribution is 2.20. The molecule has 1 N–H and O–H groups in total. The van der Waals surface area contributed by atoms with Crippen molar-refractivity contribution >= 4 is 19.9 Å². The molecule has 0 amide bonds. The summed E-state index contributed by atoms with van der Waals surface area (Å²) in [5.74, 6) is -0.768. The summed E-state index contributed by atoms with van der Waals surface area (Å²) in [6.45, 7) is 0. The standard InChI is InChI=1S/C17H21NO5S2/c1-18(2)25(22,23)16-10-6-7-14(11-16)12-24(20,21)13-17(19)15-8-4-3-5-9-15/h3-11,17,19H,12-13H2,1-2H3/t17-/m1/s1. The Morgan fingerprint density at radius 3 is 2.20 bits per heavy atom. The van der Waals surface area contributed by atoms with Gasteiger partial charge in [-0.3, -0.25) is 0 Å². The normalized spacial score (nSPS) is 13.8. The number of aliphatic hydroxyl groups excluding tert-OH is 1. The van der Waals surface area contributed by atoms with Crippen LogP contribution in [0.3, 0.4) is 0 Å². The van der Waals surface area contributed by atoms with Crippen molar-refractivity contribution in [1.29, 1.82) is 0 Å². The molecular formula is C17H21NO5S2. The second kappa shape index (κ2) is 7.65. The van der Waals surface area contributed by atoms with Crippen molar-refractivity contribution < 1.29 is 21.9 Å². The van der Waals surface area contributed by atoms with E-state index in [1.807, 2.05) is 0 Å². The van der Waals surface area contributed by atoms with E-state index in [-0.39, 0.29) is 10.6 Å². The van der Waals surface area contributed by atoms with Crippen LogP contribution in [0.2, 0.25) is 0 Å². The molecule has 8 heteroatoms. The summed E-state index contributed by atoms with van der Waals surface area (Å²) in [6.07, 6.45) is -1.13. The van der Waals surface area contributed by atoms with Gasteiger partial charge >= 0.3 is 0 Å². The number of aliphatic hydroxyl groups is 1. The molecule has 0 saturated heterocycles. The van der Waals surface area contributed by atoms with Crippen molar-refractivity contribution in [3.8, 4) is 0 Å². The highest BCUT2D eigenvalue weighted by Gasteiger charge is 2.21. The van der Waals surface area contributed by atoms with E-state index in [0.717, 1.165) is 4.31 Å². The second-order valence-electron chi connectivity index (χ2n) is 5.92. The van der Waals surface area contributed by atoms with Crippen LogP contribution in [0.1, 0.15) is 17.2 Å². The third-order valence-corrected chi connectivity index (χ3v) is 7.07. The molecule has 0 radical (unpaired) electrons. The lowest BCUT2D eigenvalue weighted by Crippen LogP contribution is -2.22. The number of nitrogens with zero attached hydrogens (tertiary/aromatic N) is 1. The van der Waals surface area contributed by atoms with E-state index in [9.17, 15) is 21.9 Å². The van der Waals surface area contributed by atoms with Gasteiger partial charge in [-0.15, -0.1) is 0 Å². The molecular weight excluding hydrogens is 362 g/mol. The lowest BCUT2D eigenvalue weighted by atomic mass is 10.1. The Morgan fingerprint density at radius 2 is 1.60 bits per heavy atom. The first-order valence-electron chi connectivity index (χ1n) is 7.57. The van der Waals surface area contributed by atoms with Crippen LogP contribution in [0.4, 0.5) is 0 Å². The fraction of sp³-hybridized carbons (Fsp3) is 0.294. The Morgan fingerprint density at radius 1 is 0.960 bits per heavy atom. The van der Waals surface area contributed by atoms with E-state index >= 15 is 0 Å². The molecule has 0 heterocycles. The van der Waals surface area contributed by atoms with E-state index < -0.39 is 31.7 Å². The molecule has 6 nitrogen and oxygen atoms in total. The van der Waals surface area contributed by atoms with Gasteiger partial charge in [0.15, 0.2) is 9.84 Å². The van der Waals surface area contributed by atoms with Crippen LogP contribution in [-0.2, 0) is 25.6 Å². The van der Waals surface area contributed by atoms with Gasteiger partial charge in [-0.1, -0.05) is 42.5 Å². The Bertz CT molecular complexity index is 923. The lowest BCUT2D eigenvalue weighted by molar-refractivity contribution is 0.201. The van der Waals surface area contributed by atoms with Crippen LogP contribution in [0.15, 0.2) is 59.5 Å². The van der Waals surface area contributed by atoms with Gasteiger partial charge in [-0.2, -0.15) is 0 Å². The highest BCUT2D eigenvalue weighted by molar-refractivity contribution is 7.90. The summed E-state index contributed by atoms with van der Waals surface area (Å²) in [7, 11) is -4.43. The van der Waals surface area contributed by atoms with Gasteiger partial charge in [0, 0.05) is 14.1 Å². The summed E-state index contributed by atoms with van der Waals surface area (Å²) in [4.78, 5) is 0.0359. The molecule has 0 aliphatic heterocycles. The van der Waals surface area contributed by atoms with Gasteiger partial charge in [0.2, 0.25) is 10.0 Å². The number of rotatable bonds is 7. The van der Waals surface area contributed by atoms with Gasteiger partial charge in [0.05, 0.1) is 22.5 Å². The molecule has 25 heavy (non-hydrogen) atoms. The maximum Gasteiger partial charge on any atom is 0.242 e. The zero-order valence-electron chi connectivity index (χ0n) is 14.0. The van der Waals surface area contributed by atoms with Crippen LogP contribution in [-0.4, -0.2) is 46.1 Å². The Labute approximate surface area is 148 Å². The van der Waals surface area contributed by atoms with Crippen LogP contribution in [0, 0.1) is 0 Å². The number of benzene rings is 2. The average Bonchev–Trinajstić information content (AvgIpc) is 2.54. The molecule has 1 atom stereocenters. The van der Waals surface area contributed by atoms with Crippen LogP contribution < -0.4 is 0 Å². The van der Waals surface area contributed by atoms with E-state index in [1.165, 1.54) is 32.3 Å². The van der Waals surface area contributed by atoms with Crippen molar-refractivity contribution in [3.05, 3.63) is 65.7 Å². The molecule has 136 valence electrons. The number of hydrogen-bond donors (Lipinski definition) is 1. The largest absolute Gasteiger partial charge is 0.387 e. The molecule has 2 aromatic carbocycles. The van der Waals surface area contributed by atoms with Gasteiger partial charge in [-0.25, -0.2) is 21.1 Å². The molecule has 0 bridgehead atoms. The zero-order valence-corrected chi connectivity index (χ0v) is 15.7. The first kappa shape index (κ1) is 19.6. The maximum absolute atomic E-state index is 12.4. The van der Waals surface area contributed by atoms with Crippen LogP contribution >= 0.6 is 0 Å². The quantitative estimate of drug-likeness (QED) is 0.784. The molecule has 0 saturated carbocycles. The van der Waals surface area contributed by atoms with Gasteiger partial charge in [-0.05, 0) is 23.3 Å². The minimum absolute atomic E-state index is 0.0359. The van der Waals surface area contributed by atoms with Crippen molar-refractivity contribution in [1.82, 2.24) is 4.31 Å². The molecule has 2 aromatic rings. The number of sulfonamides is 1. The van der Waals surface area contributed by atoms with Crippen molar-refractivity contribution in [2.75, 3.05) is 19.8 Å². The second-order valence-corrected chi connectivity index (χ2v) is 10.2. The Hall–Kier alpha value is -1.74. The van der Waals surface area contributed by atoms with E-state index in [4.69, 9.17) is 0 Å². The highest BCUT2D eigenvalue weighted by atomic mass is 32.2. The summed E-state index contributed by atoms with van der Waals surface area (Å²) >= 11 is 0. The number of sulfone groups is 1. The zero-order chi connectivity index (χ0) is 18.7. The summed E-state index contributed by atoms with van der Waals surface area (Å²) in [6, 6.07) is 14.4. The average molecular weight is 383 g/mol. The fourth-order valence-corrected chi connectivity index (χ4v) is 4.78. The first-order valence-corrected chi connectivity index (χ1v) is 10.8. The van der Waals surface area contributed by atoms with Crippen molar-refractivity contribution in [3.63, 3.8) is 0 Å². The third-order valence-electron chi connectivity index (χ3n) is 3.66. The number of hydrogen-bond acceptors (Lipinski definition) is 5. The molecule has 0 fully saturated rings. The summed E-state index contributed by atoms with van der Waals surface area (Å²) < 4.78 is 50.1. The molecule has 0 aliphatic carbocycles. The van der Waals surface area contributed by atoms with Crippen molar-refractivity contribution in [2.24, 2.45) is 0 Å². The first-order chi connectivity index (χ1) is 11.6.